The summed E-state index contributed by atoms with van der Waals surface area (Å²) in [4.78, 5) is 35.5. The average Bonchev–Trinajstić information content (AvgIpc) is 3.09. The van der Waals surface area contributed by atoms with Crippen LogP contribution in [-0.4, -0.2) is 51.8 Å². The number of aryl methyl sites for hydroxylation is 1. The predicted molar refractivity (Wildman–Crippen MR) is 141 cm³/mol. The molecular formula is C25H26N4O3S2. The smallest absolute Gasteiger partial charge is 0.267 e. The molecule has 1 aliphatic heterocycles. The first-order valence-electron chi connectivity index (χ1n) is 10.9. The maximum absolute atomic E-state index is 13.6. The number of amides is 1. The number of rotatable bonds is 8. The molecule has 1 saturated heterocycles. The molecule has 0 aliphatic carbocycles. The van der Waals surface area contributed by atoms with Gasteiger partial charge in [0.05, 0.1) is 10.5 Å². The minimum absolute atomic E-state index is 0.198. The summed E-state index contributed by atoms with van der Waals surface area (Å²) in [6.45, 7) is 3.51. The van der Waals surface area contributed by atoms with E-state index in [1.807, 2.05) is 61.3 Å². The lowest BCUT2D eigenvalue weighted by atomic mass is 10.2. The van der Waals surface area contributed by atoms with Crippen molar-refractivity contribution in [2.45, 2.75) is 19.9 Å². The van der Waals surface area contributed by atoms with Crippen molar-refractivity contribution in [3.05, 3.63) is 80.6 Å². The van der Waals surface area contributed by atoms with Crippen LogP contribution in [0.15, 0.2) is 58.4 Å². The van der Waals surface area contributed by atoms with Crippen LogP contribution in [0.5, 0.6) is 0 Å². The molecule has 176 valence electrons. The van der Waals surface area contributed by atoms with Crippen LogP contribution in [0.25, 0.3) is 11.7 Å². The fraction of sp³-hybridized carbons (Fsp3) is 0.280. The lowest BCUT2D eigenvalue weighted by molar-refractivity contribution is -0.122. The number of pyridine rings is 1. The van der Waals surface area contributed by atoms with Gasteiger partial charge in [0.25, 0.3) is 11.5 Å². The van der Waals surface area contributed by atoms with E-state index in [9.17, 15) is 9.59 Å². The van der Waals surface area contributed by atoms with Crippen LogP contribution in [0.3, 0.4) is 0 Å². The number of ether oxygens (including phenoxy) is 1. The van der Waals surface area contributed by atoms with Gasteiger partial charge in [0.15, 0.2) is 0 Å². The monoisotopic (exact) mass is 494 g/mol. The summed E-state index contributed by atoms with van der Waals surface area (Å²) in [5.74, 6) is 0.323. The number of hydrogen-bond donors (Lipinski definition) is 0. The van der Waals surface area contributed by atoms with Gasteiger partial charge < -0.3 is 9.64 Å². The number of benzene rings is 1. The molecule has 2 aromatic heterocycles. The van der Waals surface area contributed by atoms with Crippen LogP contribution in [-0.2, 0) is 16.1 Å². The molecule has 0 unspecified atom stereocenters. The fourth-order valence-electron chi connectivity index (χ4n) is 3.84. The second-order valence-corrected chi connectivity index (χ2v) is 9.74. The lowest BCUT2D eigenvalue weighted by Gasteiger charge is -2.21. The molecule has 1 amide bonds. The van der Waals surface area contributed by atoms with Crippen molar-refractivity contribution < 1.29 is 9.53 Å². The van der Waals surface area contributed by atoms with Gasteiger partial charge in [-0.05, 0) is 36.6 Å². The highest BCUT2D eigenvalue weighted by atomic mass is 32.2. The quantitative estimate of drug-likeness (QED) is 0.267. The first-order chi connectivity index (χ1) is 16.4. The van der Waals surface area contributed by atoms with E-state index in [0.29, 0.717) is 52.4 Å². The van der Waals surface area contributed by atoms with Crippen molar-refractivity contribution in [1.29, 1.82) is 0 Å². The second-order valence-electron chi connectivity index (χ2n) is 8.06. The molecule has 34 heavy (non-hydrogen) atoms. The Balaban J connectivity index is 1.79. The molecule has 1 aromatic carbocycles. The van der Waals surface area contributed by atoms with Gasteiger partial charge in [-0.25, -0.2) is 4.98 Å². The van der Waals surface area contributed by atoms with E-state index in [-0.39, 0.29) is 11.5 Å². The Bertz CT molecular complexity index is 1320. The van der Waals surface area contributed by atoms with E-state index in [0.717, 1.165) is 11.1 Å². The molecule has 0 saturated carbocycles. The first kappa shape index (κ1) is 24.1. The summed E-state index contributed by atoms with van der Waals surface area (Å²) in [6.07, 6.45) is 4.02. The molecule has 7 nitrogen and oxygen atoms in total. The number of methoxy groups -OCH3 is 1. The molecule has 9 heteroatoms. The topological polar surface area (TPSA) is 67.2 Å². The normalized spacial score (nSPS) is 15.0. The zero-order valence-electron chi connectivity index (χ0n) is 19.4. The summed E-state index contributed by atoms with van der Waals surface area (Å²) in [6, 6.07) is 13.7. The van der Waals surface area contributed by atoms with Gasteiger partial charge in [0, 0.05) is 40.1 Å². The van der Waals surface area contributed by atoms with Crippen molar-refractivity contribution in [2.24, 2.45) is 0 Å². The summed E-state index contributed by atoms with van der Waals surface area (Å²) < 4.78 is 7.10. The highest BCUT2D eigenvalue weighted by Gasteiger charge is 2.32. The molecule has 0 atom stereocenters. The molecule has 4 rings (SSSR count). The van der Waals surface area contributed by atoms with E-state index in [2.05, 4.69) is 0 Å². The minimum atomic E-state index is -0.228. The number of fused-ring (bicyclic) bond motifs is 1. The molecule has 0 N–H and O–H groups in total. The van der Waals surface area contributed by atoms with Crippen LogP contribution in [0, 0.1) is 6.92 Å². The summed E-state index contributed by atoms with van der Waals surface area (Å²) in [7, 11) is 3.52. The van der Waals surface area contributed by atoms with Crippen LogP contribution in [0.1, 0.15) is 23.1 Å². The number of carbonyl (C=O) groups excluding carboxylic acids is 1. The van der Waals surface area contributed by atoms with Crippen LogP contribution in [0.4, 0.5) is 5.82 Å². The number of thioether (sulfide) groups is 1. The number of carbonyl (C=O) groups is 1. The van der Waals surface area contributed by atoms with Gasteiger partial charge in [-0.3, -0.25) is 18.9 Å². The van der Waals surface area contributed by atoms with Gasteiger partial charge in [0.1, 0.15) is 15.8 Å². The summed E-state index contributed by atoms with van der Waals surface area (Å²) in [5, 5.41) is 0. The summed E-state index contributed by atoms with van der Waals surface area (Å²) >= 11 is 6.65. The van der Waals surface area contributed by atoms with Gasteiger partial charge in [0.2, 0.25) is 0 Å². The van der Waals surface area contributed by atoms with E-state index in [4.69, 9.17) is 21.9 Å². The van der Waals surface area contributed by atoms with E-state index >= 15 is 0 Å². The molecule has 0 bridgehead atoms. The number of aromatic nitrogens is 2. The minimum Gasteiger partial charge on any atom is -0.385 e. The maximum Gasteiger partial charge on any atom is 0.267 e. The van der Waals surface area contributed by atoms with Gasteiger partial charge in [-0.15, -0.1) is 0 Å². The third-order valence-corrected chi connectivity index (χ3v) is 6.95. The van der Waals surface area contributed by atoms with Crippen molar-refractivity contribution in [3.63, 3.8) is 0 Å². The van der Waals surface area contributed by atoms with Crippen molar-refractivity contribution >= 4 is 51.7 Å². The van der Waals surface area contributed by atoms with E-state index in [1.165, 1.54) is 16.2 Å². The Labute approximate surface area is 208 Å². The Hall–Kier alpha value is -3.01. The third kappa shape index (κ3) is 4.91. The zero-order valence-corrected chi connectivity index (χ0v) is 21.0. The molecule has 3 aromatic rings. The Morgan fingerprint density at radius 3 is 2.68 bits per heavy atom. The molecular weight excluding hydrogens is 468 g/mol. The van der Waals surface area contributed by atoms with Crippen molar-refractivity contribution in [2.75, 3.05) is 32.2 Å². The molecule has 1 aliphatic rings. The van der Waals surface area contributed by atoms with Crippen LogP contribution < -0.4 is 10.5 Å². The standard InChI is InChI=1S/C25H26N4O3S2/c1-17-9-7-12-28-21(17)26-22(27(2)16-18-10-5-4-6-11-18)19(23(28)30)15-20-24(31)29(25(33)34-20)13-8-14-32-3/h4-7,9-12,15H,8,13-14,16H2,1-3H3. The Kier molecular flexibility index (Phi) is 7.45. The third-order valence-electron chi connectivity index (χ3n) is 5.57. The van der Waals surface area contributed by atoms with Gasteiger partial charge >= 0.3 is 0 Å². The number of nitrogens with zero attached hydrogens (tertiary/aromatic N) is 4. The van der Waals surface area contributed by atoms with E-state index in [1.54, 1.807) is 24.3 Å². The van der Waals surface area contributed by atoms with Crippen LogP contribution in [0.2, 0.25) is 0 Å². The molecule has 0 radical (unpaired) electrons. The molecule has 0 spiro atoms. The van der Waals surface area contributed by atoms with Gasteiger partial charge in [-0.1, -0.05) is 60.4 Å². The SMILES string of the molecule is COCCCN1C(=O)C(=Cc2c(N(C)Cc3ccccc3)nc3c(C)cccn3c2=O)SC1=S. The Morgan fingerprint density at radius 2 is 1.94 bits per heavy atom. The van der Waals surface area contributed by atoms with E-state index < -0.39 is 0 Å². The van der Waals surface area contributed by atoms with Crippen molar-refractivity contribution in [3.8, 4) is 0 Å². The maximum atomic E-state index is 13.6. The molecule has 3 heterocycles. The van der Waals surface area contributed by atoms with Crippen molar-refractivity contribution in [1.82, 2.24) is 14.3 Å². The highest BCUT2D eigenvalue weighted by molar-refractivity contribution is 8.26. The average molecular weight is 495 g/mol. The number of anilines is 1. The molecule has 1 fully saturated rings. The second kappa shape index (κ2) is 10.5. The number of hydrogen-bond acceptors (Lipinski definition) is 7. The first-order valence-corrected chi connectivity index (χ1v) is 12.1. The number of thiocarbonyl (C=S) groups is 1. The van der Waals surface area contributed by atoms with Gasteiger partial charge in [-0.2, -0.15) is 0 Å². The lowest BCUT2D eigenvalue weighted by Crippen LogP contribution is -2.30. The predicted octanol–water partition coefficient (Wildman–Crippen LogP) is 3.88. The largest absolute Gasteiger partial charge is 0.385 e. The fourth-order valence-corrected chi connectivity index (χ4v) is 5.13. The van der Waals surface area contributed by atoms with Crippen LogP contribution >= 0.6 is 24.0 Å². The summed E-state index contributed by atoms with van der Waals surface area (Å²) in [5.41, 5.74) is 2.70. The zero-order chi connectivity index (χ0) is 24.2. The Morgan fingerprint density at radius 1 is 1.18 bits per heavy atom. The highest BCUT2D eigenvalue weighted by Crippen LogP contribution is 2.33.